The first-order chi connectivity index (χ1) is 14.8. The van der Waals surface area contributed by atoms with E-state index in [1.165, 1.54) is 22.6 Å². The molecule has 0 saturated heterocycles. The fourth-order valence-electron chi connectivity index (χ4n) is 3.05. The molecule has 0 atom stereocenters. The number of ether oxygens (including phenoxy) is 2. The largest absolute Gasteiger partial charge is 0.465 e. The molecule has 170 valence electrons. The second-order valence-corrected chi connectivity index (χ2v) is 8.84. The van der Waals surface area contributed by atoms with Crippen LogP contribution in [0.3, 0.4) is 0 Å². The van der Waals surface area contributed by atoms with Crippen LogP contribution in [0.2, 0.25) is 0 Å². The quantitative estimate of drug-likeness (QED) is 0.315. The Kier molecular flexibility index (Phi) is 8.85. The van der Waals surface area contributed by atoms with E-state index in [1.807, 2.05) is 6.07 Å². The molecular formula is C22H31N3O5S. The maximum atomic E-state index is 13.6. The molecule has 1 N–H and O–H groups in total. The maximum absolute atomic E-state index is 13.6. The van der Waals surface area contributed by atoms with Gasteiger partial charge in [0, 0.05) is 27.2 Å². The number of benzene rings is 2. The fraction of sp³-hybridized carbons (Fsp3) is 0.409. The van der Waals surface area contributed by atoms with Crippen molar-refractivity contribution in [2.24, 2.45) is 0 Å². The highest BCUT2D eigenvalue weighted by molar-refractivity contribution is 7.89. The second-order valence-electron chi connectivity index (χ2n) is 7.03. The molecule has 0 aromatic heterocycles. The molecule has 2 aromatic carbocycles. The number of hydrogen-bond acceptors (Lipinski definition) is 7. The molecule has 8 nitrogen and oxygen atoms in total. The second kappa shape index (κ2) is 11.1. The zero-order valence-corrected chi connectivity index (χ0v) is 19.5. The van der Waals surface area contributed by atoms with Gasteiger partial charge in [-0.2, -0.15) is 0 Å². The van der Waals surface area contributed by atoms with Crippen LogP contribution in [0.1, 0.15) is 37.0 Å². The van der Waals surface area contributed by atoms with Gasteiger partial charge in [0.2, 0.25) is 0 Å². The first kappa shape index (κ1) is 24.6. The summed E-state index contributed by atoms with van der Waals surface area (Å²) in [6.45, 7) is 4.60. The van der Waals surface area contributed by atoms with E-state index < -0.39 is 16.0 Å². The third-order valence-corrected chi connectivity index (χ3v) is 6.56. The minimum atomic E-state index is -4.03. The molecule has 0 saturated carbocycles. The van der Waals surface area contributed by atoms with Crippen LogP contribution in [0.25, 0.3) is 0 Å². The lowest BCUT2D eigenvalue weighted by Gasteiger charge is -2.28. The van der Waals surface area contributed by atoms with E-state index in [0.717, 1.165) is 12.8 Å². The van der Waals surface area contributed by atoms with Gasteiger partial charge in [-0.25, -0.2) is 18.2 Å². The zero-order valence-electron chi connectivity index (χ0n) is 18.7. The molecule has 0 fully saturated rings. The van der Waals surface area contributed by atoms with Crippen molar-refractivity contribution < 1.29 is 22.7 Å². The number of rotatable bonds is 11. The summed E-state index contributed by atoms with van der Waals surface area (Å²) in [6.07, 6.45) is 1.82. The molecule has 2 aromatic rings. The average Bonchev–Trinajstić information content (AvgIpc) is 2.74. The minimum Gasteiger partial charge on any atom is -0.465 e. The van der Waals surface area contributed by atoms with Crippen molar-refractivity contribution in [1.29, 1.82) is 0 Å². The van der Waals surface area contributed by atoms with Crippen molar-refractivity contribution in [3.8, 4) is 11.5 Å². The van der Waals surface area contributed by atoms with Crippen molar-refractivity contribution in [2.75, 3.05) is 39.6 Å². The van der Waals surface area contributed by atoms with Gasteiger partial charge in [-0.05, 0) is 37.6 Å². The number of hydrogen-bond donors (Lipinski definition) is 1. The molecule has 0 heterocycles. The monoisotopic (exact) mass is 449 g/mol. The molecule has 0 radical (unpaired) electrons. The minimum absolute atomic E-state index is 0.117. The number of unbranched alkanes of at least 4 members (excludes halogenated alkanes) is 1. The number of nitrogens with zero attached hydrogens (tertiary/aromatic N) is 2. The molecule has 0 amide bonds. The number of esters is 1. The predicted molar refractivity (Wildman–Crippen MR) is 121 cm³/mol. The van der Waals surface area contributed by atoms with Crippen molar-refractivity contribution in [2.45, 2.75) is 31.6 Å². The molecule has 0 spiro atoms. The van der Waals surface area contributed by atoms with Crippen LogP contribution >= 0.6 is 0 Å². The molecule has 31 heavy (non-hydrogen) atoms. The highest BCUT2D eigenvalue weighted by atomic mass is 32.2. The Bertz CT molecular complexity index is 978. The van der Waals surface area contributed by atoms with Crippen molar-refractivity contribution >= 4 is 21.7 Å². The van der Waals surface area contributed by atoms with E-state index in [1.54, 1.807) is 51.4 Å². The molecular weight excluding hydrogens is 418 g/mol. The van der Waals surface area contributed by atoms with E-state index in [-0.39, 0.29) is 22.8 Å². The highest BCUT2D eigenvalue weighted by Gasteiger charge is 2.32. The van der Waals surface area contributed by atoms with Gasteiger partial charge in [0.15, 0.2) is 5.75 Å². The van der Waals surface area contributed by atoms with Gasteiger partial charge < -0.3 is 14.8 Å². The summed E-state index contributed by atoms with van der Waals surface area (Å²) in [5.41, 5.74) is 0.531. The standard InChI is InChI=1S/C22H31N3O5S/c1-6-8-14-23-19-15-17(22(26)29-5)16-20(31(27,28)25(7-2)24(3)4)21(19)30-18-12-10-9-11-13-18/h9-13,15-16,23H,6-8,14H2,1-5H3. The predicted octanol–water partition coefficient (Wildman–Crippen LogP) is 3.96. The summed E-state index contributed by atoms with van der Waals surface area (Å²) < 4.78 is 39.3. The van der Waals surface area contributed by atoms with Gasteiger partial charge in [-0.3, -0.25) is 0 Å². The van der Waals surface area contributed by atoms with Gasteiger partial charge in [0.25, 0.3) is 10.0 Å². The zero-order chi connectivity index (χ0) is 23.0. The lowest BCUT2D eigenvalue weighted by Crippen LogP contribution is -2.41. The number of anilines is 1. The van der Waals surface area contributed by atoms with E-state index in [2.05, 4.69) is 12.2 Å². The van der Waals surface area contributed by atoms with Crippen LogP contribution < -0.4 is 10.1 Å². The summed E-state index contributed by atoms with van der Waals surface area (Å²) in [5.74, 6) is -0.0133. The van der Waals surface area contributed by atoms with Crippen LogP contribution in [0.5, 0.6) is 11.5 Å². The molecule has 0 unspecified atom stereocenters. The Labute approximate surface area is 184 Å². The Hall–Kier alpha value is -2.62. The summed E-state index contributed by atoms with van der Waals surface area (Å²) in [4.78, 5) is 12.2. The summed E-state index contributed by atoms with van der Waals surface area (Å²) in [7, 11) is 0.510. The number of sulfonamides is 1. The molecule has 9 heteroatoms. The summed E-state index contributed by atoms with van der Waals surface area (Å²) >= 11 is 0. The molecule has 0 aliphatic rings. The maximum Gasteiger partial charge on any atom is 0.337 e. The van der Waals surface area contributed by atoms with Crippen LogP contribution in [0, 0.1) is 0 Å². The average molecular weight is 450 g/mol. The van der Waals surface area contributed by atoms with Gasteiger partial charge in [-0.15, -0.1) is 4.41 Å². The SMILES string of the molecule is CCCCNc1cc(C(=O)OC)cc(S(=O)(=O)N(CC)N(C)C)c1Oc1ccccc1. The van der Waals surface area contributed by atoms with E-state index in [9.17, 15) is 13.2 Å². The molecule has 2 rings (SSSR count). The number of nitrogens with one attached hydrogen (secondary N) is 1. The van der Waals surface area contributed by atoms with Crippen LogP contribution in [0.15, 0.2) is 47.4 Å². The van der Waals surface area contributed by atoms with E-state index >= 15 is 0 Å². The highest BCUT2D eigenvalue weighted by Crippen LogP contribution is 2.39. The van der Waals surface area contributed by atoms with Crippen LogP contribution in [-0.2, 0) is 14.8 Å². The number of carbonyl (C=O) groups excluding carboxylic acids is 1. The summed E-state index contributed by atoms with van der Waals surface area (Å²) in [5, 5.41) is 4.71. The smallest absolute Gasteiger partial charge is 0.337 e. The first-order valence-corrected chi connectivity index (χ1v) is 11.6. The first-order valence-electron chi connectivity index (χ1n) is 10.2. The Balaban J connectivity index is 2.75. The Morgan fingerprint density at radius 1 is 1.10 bits per heavy atom. The van der Waals surface area contributed by atoms with E-state index in [0.29, 0.717) is 18.0 Å². The van der Waals surface area contributed by atoms with Crippen molar-refractivity contribution in [3.63, 3.8) is 0 Å². The summed E-state index contributed by atoms with van der Waals surface area (Å²) in [6, 6.07) is 11.8. The normalized spacial score (nSPS) is 11.6. The topological polar surface area (TPSA) is 88.2 Å². The van der Waals surface area contributed by atoms with Crippen molar-refractivity contribution in [3.05, 3.63) is 48.0 Å². The molecule has 0 aliphatic heterocycles. The van der Waals surface area contributed by atoms with E-state index in [4.69, 9.17) is 9.47 Å². The van der Waals surface area contributed by atoms with Crippen molar-refractivity contribution in [1.82, 2.24) is 9.42 Å². The van der Waals surface area contributed by atoms with Gasteiger partial charge in [-0.1, -0.05) is 31.5 Å². The van der Waals surface area contributed by atoms with Gasteiger partial charge in [0.05, 0.1) is 18.4 Å². The van der Waals surface area contributed by atoms with Gasteiger partial charge in [0.1, 0.15) is 10.6 Å². The Morgan fingerprint density at radius 2 is 1.77 bits per heavy atom. The van der Waals surface area contributed by atoms with Crippen LogP contribution in [0.4, 0.5) is 5.69 Å². The number of carbonyl (C=O) groups is 1. The Morgan fingerprint density at radius 3 is 2.32 bits per heavy atom. The molecule has 0 bridgehead atoms. The lowest BCUT2D eigenvalue weighted by atomic mass is 10.1. The third kappa shape index (κ3) is 5.96. The van der Waals surface area contributed by atoms with Crippen LogP contribution in [-0.4, -0.2) is 58.1 Å². The number of para-hydroxylation sites is 1. The lowest BCUT2D eigenvalue weighted by molar-refractivity contribution is 0.0600. The fourth-order valence-corrected chi connectivity index (χ4v) is 4.71. The number of methoxy groups -OCH3 is 1. The van der Waals surface area contributed by atoms with Gasteiger partial charge >= 0.3 is 5.97 Å². The third-order valence-electron chi connectivity index (χ3n) is 4.56. The molecule has 0 aliphatic carbocycles. The number of hydrazine groups is 1.